The van der Waals surface area contributed by atoms with Gasteiger partial charge >= 0.3 is 0 Å². The van der Waals surface area contributed by atoms with Crippen molar-refractivity contribution in [1.82, 2.24) is 24.6 Å². The molecule has 0 saturated carbocycles. The smallest absolute Gasteiger partial charge is 0.227 e. The lowest BCUT2D eigenvalue weighted by molar-refractivity contribution is 0.594. The third-order valence-corrected chi connectivity index (χ3v) is 3.34. The van der Waals surface area contributed by atoms with Crippen LogP contribution in [0.1, 0.15) is 26.3 Å². The molecule has 0 aliphatic heterocycles. The zero-order chi connectivity index (χ0) is 15.2. The second-order valence-corrected chi connectivity index (χ2v) is 6.09. The Morgan fingerprint density at radius 3 is 2.57 bits per heavy atom. The van der Waals surface area contributed by atoms with Crippen molar-refractivity contribution in [2.75, 3.05) is 0 Å². The van der Waals surface area contributed by atoms with E-state index >= 15 is 0 Å². The molecule has 0 saturated heterocycles. The topological polar surface area (TPSA) is 56.0 Å². The first-order chi connectivity index (χ1) is 9.86. The first kappa shape index (κ1) is 13.9. The van der Waals surface area contributed by atoms with Crippen molar-refractivity contribution >= 4 is 17.2 Å². The Morgan fingerprint density at radius 1 is 1.14 bits per heavy atom. The van der Waals surface area contributed by atoms with Crippen molar-refractivity contribution in [3.8, 4) is 11.4 Å². The molecular weight excluding hydrogens is 293 g/mol. The minimum absolute atomic E-state index is 0.142. The first-order valence-corrected chi connectivity index (χ1v) is 6.77. The van der Waals surface area contributed by atoms with E-state index in [2.05, 4.69) is 40.8 Å². The van der Waals surface area contributed by atoms with Crippen LogP contribution in [0, 0.1) is 5.82 Å². The van der Waals surface area contributed by atoms with E-state index in [0.717, 1.165) is 11.8 Å². The number of aromatic nitrogens is 5. The summed E-state index contributed by atoms with van der Waals surface area (Å²) in [6, 6.07) is 1.32. The highest BCUT2D eigenvalue weighted by Crippen LogP contribution is 2.28. The van der Waals surface area contributed by atoms with Gasteiger partial charge in [-0.15, -0.1) is 0 Å². The van der Waals surface area contributed by atoms with Gasteiger partial charge in [0.15, 0.2) is 11.5 Å². The first-order valence-electron chi connectivity index (χ1n) is 6.39. The molecule has 108 valence electrons. The van der Waals surface area contributed by atoms with E-state index in [9.17, 15) is 4.39 Å². The molecule has 0 spiro atoms. The molecule has 3 aromatic rings. The molecule has 21 heavy (non-hydrogen) atoms. The summed E-state index contributed by atoms with van der Waals surface area (Å²) in [5.41, 5.74) is 1.89. The summed E-state index contributed by atoms with van der Waals surface area (Å²) < 4.78 is 14.8. The largest absolute Gasteiger partial charge is 0.261 e. The maximum Gasteiger partial charge on any atom is 0.227 e. The third-order valence-electron chi connectivity index (χ3n) is 3.10. The number of nitrogens with zero attached hydrogens (tertiary/aromatic N) is 5. The molecule has 0 atom stereocenters. The number of fused-ring (bicyclic) bond motifs is 1. The molecule has 0 fully saturated rings. The van der Waals surface area contributed by atoms with Crippen LogP contribution in [0.2, 0.25) is 5.28 Å². The van der Waals surface area contributed by atoms with E-state index in [0.29, 0.717) is 17.0 Å². The van der Waals surface area contributed by atoms with Crippen LogP contribution in [0.25, 0.3) is 17.0 Å². The SMILES string of the molecule is CC(C)(C)c1cnn2c(Cl)nc(-c3cncc(F)c3)nc12. The van der Waals surface area contributed by atoms with Crippen molar-refractivity contribution in [1.29, 1.82) is 0 Å². The molecule has 0 bridgehead atoms. The highest BCUT2D eigenvalue weighted by atomic mass is 35.5. The quantitative estimate of drug-likeness (QED) is 0.692. The maximum absolute atomic E-state index is 13.3. The molecule has 7 heteroatoms. The number of halogens is 2. The second-order valence-electron chi connectivity index (χ2n) is 5.75. The Hall–Kier alpha value is -2.08. The fourth-order valence-electron chi connectivity index (χ4n) is 2.04. The molecule has 0 amide bonds. The third kappa shape index (κ3) is 2.47. The highest BCUT2D eigenvalue weighted by molar-refractivity contribution is 6.28. The lowest BCUT2D eigenvalue weighted by Crippen LogP contribution is -2.11. The predicted molar refractivity (Wildman–Crippen MR) is 77.7 cm³/mol. The van der Waals surface area contributed by atoms with Crippen LogP contribution >= 0.6 is 11.6 Å². The van der Waals surface area contributed by atoms with Gasteiger partial charge in [0, 0.05) is 17.3 Å². The molecule has 0 N–H and O–H groups in total. The van der Waals surface area contributed by atoms with Gasteiger partial charge in [0.2, 0.25) is 5.28 Å². The Morgan fingerprint density at radius 2 is 1.90 bits per heavy atom. The molecule has 3 heterocycles. The Bertz CT molecular complexity index is 822. The highest BCUT2D eigenvalue weighted by Gasteiger charge is 2.22. The zero-order valence-electron chi connectivity index (χ0n) is 11.8. The summed E-state index contributed by atoms with van der Waals surface area (Å²) in [5.74, 6) is -0.123. The summed E-state index contributed by atoms with van der Waals surface area (Å²) in [4.78, 5) is 12.4. The van der Waals surface area contributed by atoms with E-state index in [1.807, 2.05) is 0 Å². The summed E-state index contributed by atoms with van der Waals surface area (Å²) in [6.07, 6.45) is 4.35. The minimum atomic E-state index is -0.448. The summed E-state index contributed by atoms with van der Waals surface area (Å²) in [6.45, 7) is 6.18. The molecule has 5 nitrogen and oxygen atoms in total. The average molecular weight is 306 g/mol. The monoisotopic (exact) mass is 305 g/mol. The lowest BCUT2D eigenvalue weighted by atomic mass is 9.89. The van der Waals surface area contributed by atoms with Gasteiger partial charge in [0.1, 0.15) is 5.82 Å². The lowest BCUT2D eigenvalue weighted by Gasteiger charge is -2.16. The molecule has 0 aromatic carbocycles. The molecular formula is C14H13ClFN5. The van der Waals surface area contributed by atoms with Gasteiger partial charge in [-0.1, -0.05) is 20.8 Å². The molecule has 0 aliphatic carbocycles. The normalized spacial score (nSPS) is 12.0. The second kappa shape index (κ2) is 4.73. The number of hydrogen-bond donors (Lipinski definition) is 0. The van der Waals surface area contributed by atoms with Crippen molar-refractivity contribution in [2.45, 2.75) is 26.2 Å². The summed E-state index contributed by atoms with van der Waals surface area (Å²) in [5, 5.41) is 4.38. The van der Waals surface area contributed by atoms with Crippen LogP contribution in [-0.2, 0) is 5.41 Å². The van der Waals surface area contributed by atoms with Crippen LogP contribution in [-0.4, -0.2) is 24.6 Å². The van der Waals surface area contributed by atoms with Gasteiger partial charge in [-0.25, -0.2) is 9.37 Å². The fourth-order valence-corrected chi connectivity index (χ4v) is 2.24. The summed E-state index contributed by atoms with van der Waals surface area (Å²) >= 11 is 6.15. The van der Waals surface area contributed by atoms with Crippen molar-refractivity contribution in [2.24, 2.45) is 0 Å². The van der Waals surface area contributed by atoms with Gasteiger partial charge in [-0.05, 0) is 23.1 Å². The zero-order valence-corrected chi connectivity index (χ0v) is 12.6. The van der Waals surface area contributed by atoms with Crippen LogP contribution in [0.5, 0.6) is 0 Å². The Kier molecular flexibility index (Phi) is 3.13. The number of rotatable bonds is 1. The number of hydrogen-bond acceptors (Lipinski definition) is 4. The Balaban J connectivity index is 2.27. The molecule has 3 aromatic heterocycles. The minimum Gasteiger partial charge on any atom is -0.261 e. The number of pyridine rings is 1. The van der Waals surface area contributed by atoms with Gasteiger partial charge in [0.05, 0.1) is 12.4 Å². The van der Waals surface area contributed by atoms with Gasteiger partial charge in [-0.2, -0.15) is 14.6 Å². The average Bonchev–Trinajstić information content (AvgIpc) is 2.83. The predicted octanol–water partition coefficient (Wildman–Crippen LogP) is 3.28. The molecule has 0 unspecified atom stereocenters. The van der Waals surface area contributed by atoms with E-state index in [-0.39, 0.29) is 10.7 Å². The van der Waals surface area contributed by atoms with Crippen LogP contribution < -0.4 is 0 Å². The fraction of sp³-hybridized carbons (Fsp3) is 0.286. The van der Waals surface area contributed by atoms with E-state index in [1.165, 1.54) is 16.8 Å². The van der Waals surface area contributed by atoms with Gasteiger partial charge in [0.25, 0.3) is 0 Å². The molecule has 0 radical (unpaired) electrons. The van der Waals surface area contributed by atoms with Crippen LogP contribution in [0.3, 0.4) is 0 Å². The van der Waals surface area contributed by atoms with Crippen molar-refractivity contribution < 1.29 is 4.39 Å². The van der Waals surface area contributed by atoms with Crippen LogP contribution in [0.4, 0.5) is 4.39 Å². The summed E-state index contributed by atoms with van der Waals surface area (Å²) in [7, 11) is 0. The van der Waals surface area contributed by atoms with Gasteiger partial charge in [-0.3, -0.25) is 4.98 Å². The Labute approximate surface area is 125 Å². The van der Waals surface area contributed by atoms with E-state index < -0.39 is 5.82 Å². The van der Waals surface area contributed by atoms with Crippen LogP contribution in [0.15, 0.2) is 24.7 Å². The van der Waals surface area contributed by atoms with Crippen molar-refractivity contribution in [3.05, 3.63) is 41.3 Å². The molecule has 3 rings (SSSR count). The molecule has 0 aliphatic rings. The van der Waals surface area contributed by atoms with E-state index in [1.54, 1.807) is 6.20 Å². The van der Waals surface area contributed by atoms with Gasteiger partial charge < -0.3 is 0 Å². The standard InChI is InChI=1S/C14H13ClFN5/c1-14(2,3)10-7-18-21-12(10)19-11(20-13(21)15)8-4-9(16)6-17-5-8/h4-7H,1-3H3. The van der Waals surface area contributed by atoms with Crippen molar-refractivity contribution in [3.63, 3.8) is 0 Å². The van der Waals surface area contributed by atoms with E-state index in [4.69, 9.17) is 11.6 Å². The maximum atomic E-state index is 13.3.